The molecule has 0 aromatic heterocycles. The van der Waals surface area contributed by atoms with Gasteiger partial charge in [-0.1, -0.05) is 0 Å². The molecule has 1 aliphatic rings. The summed E-state index contributed by atoms with van der Waals surface area (Å²) < 4.78 is 29.6. The number of carbonyl (C=O) groups excluding carboxylic acids is 1. The molecule has 140 valence electrons. The maximum atomic E-state index is 12.4. The van der Waals surface area contributed by atoms with Crippen LogP contribution in [0.1, 0.15) is 37.0 Å². The number of nitrogens with one attached hydrogen (secondary N) is 2. The molecule has 1 saturated heterocycles. The largest absolute Gasteiger partial charge is 0.384 e. The van der Waals surface area contributed by atoms with E-state index in [0.717, 1.165) is 25.9 Å². The molecule has 2 N–H and O–H groups in total. The first kappa shape index (κ1) is 19.9. The Morgan fingerprint density at radius 1 is 1.24 bits per heavy atom. The fourth-order valence-electron chi connectivity index (χ4n) is 3.07. The molecular formula is C18H28N2O4S. The van der Waals surface area contributed by atoms with Gasteiger partial charge in [0.2, 0.25) is 0 Å². The van der Waals surface area contributed by atoms with Crippen molar-refractivity contribution in [3.05, 3.63) is 29.8 Å². The van der Waals surface area contributed by atoms with E-state index >= 15 is 0 Å². The molecule has 0 saturated carbocycles. The molecular weight excluding hydrogens is 340 g/mol. The number of amides is 1. The standard InChI is InChI=1S/C18H28N2O4S/c1-14(2)25(22,23)16-6-4-15(5-7-16)17(21)20-12-18(13-24-3)8-10-19-11-9-18/h4-7,14,19H,8-13H2,1-3H3,(H,20,21). The predicted octanol–water partition coefficient (Wildman–Crippen LogP) is 1.61. The van der Waals surface area contributed by atoms with Gasteiger partial charge in [0.1, 0.15) is 0 Å². The fourth-order valence-corrected chi connectivity index (χ4v) is 4.13. The summed E-state index contributed by atoms with van der Waals surface area (Å²) in [5.74, 6) is -0.192. The fraction of sp³-hybridized carbons (Fsp3) is 0.611. The van der Waals surface area contributed by atoms with Crippen LogP contribution in [-0.4, -0.2) is 52.9 Å². The quantitative estimate of drug-likeness (QED) is 0.764. The molecule has 7 heteroatoms. The van der Waals surface area contributed by atoms with Crippen LogP contribution >= 0.6 is 0 Å². The van der Waals surface area contributed by atoms with Crippen molar-refractivity contribution < 1.29 is 17.9 Å². The van der Waals surface area contributed by atoms with Gasteiger partial charge in [0.05, 0.1) is 16.8 Å². The maximum Gasteiger partial charge on any atom is 0.251 e. The Kier molecular flexibility index (Phi) is 6.59. The van der Waals surface area contributed by atoms with E-state index in [9.17, 15) is 13.2 Å². The van der Waals surface area contributed by atoms with Crippen molar-refractivity contribution in [1.29, 1.82) is 0 Å². The topological polar surface area (TPSA) is 84.5 Å². The first-order valence-electron chi connectivity index (χ1n) is 8.63. The molecule has 0 unspecified atom stereocenters. The highest BCUT2D eigenvalue weighted by molar-refractivity contribution is 7.92. The summed E-state index contributed by atoms with van der Waals surface area (Å²) in [5, 5.41) is 5.82. The van der Waals surface area contributed by atoms with Crippen LogP contribution in [0.25, 0.3) is 0 Å². The summed E-state index contributed by atoms with van der Waals surface area (Å²) >= 11 is 0. The number of hydrogen-bond donors (Lipinski definition) is 2. The normalized spacial score (nSPS) is 17.4. The van der Waals surface area contributed by atoms with Gasteiger partial charge in [-0.15, -0.1) is 0 Å². The lowest BCUT2D eigenvalue weighted by molar-refractivity contribution is 0.0511. The first-order chi connectivity index (χ1) is 11.8. The molecule has 1 heterocycles. The van der Waals surface area contributed by atoms with Gasteiger partial charge in [-0.25, -0.2) is 8.42 Å². The third-order valence-electron chi connectivity index (χ3n) is 4.80. The minimum atomic E-state index is -3.32. The smallest absolute Gasteiger partial charge is 0.251 e. The molecule has 6 nitrogen and oxygen atoms in total. The van der Waals surface area contributed by atoms with Gasteiger partial charge >= 0.3 is 0 Å². The van der Waals surface area contributed by atoms with Gasteiger partial charge in [-0.2, -0.15) is 0 Å². The van der Waals surface area contributed by atoms with Crippen molar-refractivity contribution in [2.24, 2.45) is 5.41 Å². The van der Waals surface area contributed by atoms with Crippen LogP contribution in [0, 0.1) is 5.41 Å². The van der Waals surface area contributed by atoms with Crippen molar-refractivity contribution in [2.45, 2.75) is 36.8 Å². The summed E-state index contributed by atoms with van der Waals surface area (Å²) in [6.07, 6.45) is 1.90. The van der Waals surface area contributed by atoms with Crippen molar-refractivity contribution >= 4 is 15.7 Å². The summed E-state index contributed by atoms with van der Waals surface area (Å²) in [4.78, 5) is 12.7. The minimum Gasteiger partial charge on any atom is -0.384 e. The first-order valence-corrected chi connectivity index (χ1v) is 10.2. The second-order valence-corrected chi connectivity index (χ2v) is 9.49. The van der Waals surface area contributed by atoms with E-state index in [1.54, 1.807) is 33.1 Å². The van der Waals surface area contributed by atoms with Crippen molar-refractivity contribution in [2.75, 3.05) is 33.4 Å². The zero-order valence-corrected chi connectivity index (χ0v) is 16.0. The number of ether oxygens (including phenoxy) is 1. The van der Waals surface area contributed by atoms with Crippen LogP contribution < -0.4 is 10.6 Å². The number of methoxy groups -OCH3 is 1. The van der Waals surface area contributed by atoms with E-state index in [1.165, 1.54) is 12.1 Å². The molecule has 1 amide bonds. The molecule has 0 bridgehead atoms. The van der Waals surface area contributed by atoms with E-state index < -0.39 is 15.1 Å². The van der Waals surface area contributed by atoms with E-state index in [2.05, 4.69) is 10.6 Å². The van der Waals surface area contributed by atoms with Crippen molar-refractivity contribution in [3.8, 4) is 0 Å². The zero-order chi connectivity index (χ0) is 18.5. The van der Waals surface area contributed by atoms with Gasteiger partial charge < -0.3 is 15.4 Å². The van der Waals surface area contributed by atoms with E-state index in [0.29, 0.717) is 18.7 Å². The number of piperidine rings is 1. The molecule has 1 aromatic rings. The van der Waals surface area contributed by atoms with Crippen LogP contribution in [0.15, 0.2) is 29.2 Å². The average Bonchev–Trinajstić information content (AvgIpc) is 2.61. The van der Waals surface area contributed by atoms with Crippen LogP contribution in [0.3, 0.4) is 0 Å². The number of hydrogen-bond acceptors (Lipinski definition) is 5. The van der Waals surface area contributed by atoms with E-state index in [4.69, 9.17) is 4.74 Å². The number of sulfone groups is 1. The Bertz CT molecular complexity index is 672. The summed E-state index contributed by atoms with van der Waals surface area (Å²) in [7, 11) is -1.64. The maximum absolute atomic E-state index is 12.4. The third-order valence-corrected chi connectivity index (χ3v) is 6.97. The van der Waals surface area contributed by atoms with Crippen LogP contribution in [0.5, 0.6) is 0 Å². The molecule has 25 heavy (non-hydrogen) atoms. The molecule has 0 aliphatic carbocycles. The Morgan fingerprint density at radius 2 is 1.84 bits per heavy atom. The molecule has 1 aromatic carbocycles. The summed E-state index contributed by atoms with van der Waals surface area (Å²) in [6, 6.07) is 6.13. The monoisotopic (exact) mass is 368 g/mol. The highest BCUT2D eigenvalue weighted by Crippen LogP contribution is 2.28. The summed E-state index contributed by atoms with van der Waals surface area (Å²) in [5.41, 5.74) is 0.417. The second-order valence-electron chi connectivity index (χ2n) is 6.98. The predicted molar refractivity (Wildman–Crippen MR) is 97.5 cm³/mol. The van der Waals surface area contributed by atoms with Crippen molar-refractivity contribution in [1.82, 2.24) is 10.6 Å². The van der Waals surface area contributed by atoms with E-state index in [1.807, 2.05) is 0 Å². The Labute approximate surface area is 150 Å². The molecule has 0 spiro atoms. The number of benzene rings is 1. The summed E-state index contributed by atoms with van der Waals surface area (Å²) in [6.45, 7) is 6.28. The average molecular weight is 368 g/mol. The second kappa shape index (κ2) is 8.29. The lowest BCUT2D eigenvalue weighted by Crippen LogP contribution is -2.47. The Balaban J connectivity index is 2.03. The molecule has 0 atom stereocenters. The minimum absolute atomic E-state index is 0.0451. The van der Waals surface area contributed by atoms with E-state index in [-0.39, 0.29) is 16.2 Å². The van der Waals surface area contributed by atoms with Crippen molar-refractivity contribution in [3.63, 3.8) is 0 Å². The van der Waals surface area contributed by atoms with Crippen LogP contribution in [0.2, 0.25) is 0 Å². The molecule has 1 fully saturated rings. The molecule has 1 aliphatic heterocycles. The van der Waals surface area contributed by atoms with Gasteiger partial charge in [0.25, 0.3) is 5.91 Å². The van der Waals surface area contributed by atoms with Crippen LogP contribution in [0.4, 0.5) is 0 Å². The highest BCUT2D eigenvalue weighted by Gasteiger charge is 2.32. The number of rotatable bonds is 7. The van der Waals surface area contributed by atoms with Gasteiger partial charge in [-0.3, -0.25) is 4.79 Å². The van der Waals surface area contributed by atoms with Gasteiger partial charge in [0, 0.05) is 24.6 Å². The SMILES string of the molecule is COCC1(CNC(=O)c2ccc(S(=O)(=O)C(C)C)cc2)CCNCC1. The lowest BCUT2D eigenvalue weighted by Gasteiger charge is -2.37. The lowest BCUT2D eigenvalue weighted by atomic mass is 9.79. The highest BCUT2D eigenvalue weighted by atomic mass is 32.2. The van der Waals surface area contributed by atoms with Crippen LogP contribution in [-0.2, 0) is 14.6 Å². The molecule has 2 rings (SSSR count). The molecule has 0 radical (unpaired) electrons. The van der Waals surface area contributed by atoms with Gasteiger partial charge in [-0.05, 0) is 64.0 Å². The van der Waals surface area contributed by atoms with Gasteiger partial charge in [0.15, 0.2) is 9.84 Å². The Hall–Kier alpha value is -1.44. The number of carbonyl (C=O) groups is 1. The third kappa shape index (κ3) is 4.80. The Morgan fingerprint density at radius 3 is 2.36 bits per heavy atom. The zero-order valence-electron chi connectivity index (χ0n) is 15.2.